The van der Waals surface area contributed by atoms with E-state index < -0.39 is 6.04 Å². The minimum absolute atomic E-state index is 0.0414. The average molecular weight is 401 g/mol. The van der Waals surface area contributed by atoms with Crippen LogP contribution in [0.4, 0.5) is 0 Å². The summed E-state index contributed by atoms with van der Waals surface area (Å²) in [6.07, 6.45) is 6.02. The minimum atomic E-state index is -0.711. The molecule has 148 valence electrons. The van der Waals surface area contributed by atoms with Gasteiger partial charge in [0.25, 0.3) is 5.91 Å². The molecule has 28 heavy (non-hydrogen) atoms. The van der Waals surface area contributed by atoms with Crippen molar-refractivity contribution in [2.45, 2.75) is 56.7 Å². The van der Waals surface area contributed by atoms with Crippen LogP contribution in [0.2, 0.25) is 0 Å². The fourth-order valence-electron chi connectivity index (χ4n) is 3.84. The summed E-state index contributed by atoms with van der Waals surface area (Å²) in [7, 11) is 1.59. The highest BCUT2D eigenvalue weighted by Gasteiger charge is 2.43. The molecule has 1 aromatic carbocycles. The van der Waals surface area contributed by atoms with Crippen LogP contribution in [0.1, 0.15) is 60.6 Å². The molecule has 2 amide bonds. The number of nitrogens with zero attached hydrogens (tertiary/aromatic N) is 3. The Kier molecular flexibility index (Phi) is 5.57. The molecule has 1 heterocycles. The number of rotatable bonds is 7. The van der Waals surface area contributed by atoms with Gasteiger partial charge in [0.05, 0.1) is 7.11 Å². The third-order valence-corrected chi connectivity index (χ3v) is 5.90. The van der Waals surface area contributed by atoms with Gasteiger partial charge in [-0.3, -0.25) is 9.59 Å². The van der Waals surface area contributed by atoms with Crippen molar-refractivity contribution in [3.8, 4) is 5.75 Å². The number of nitrogens with one attached hydrogen (secondary N) is 1. The fraction of sp³-hybridized carbons (Fsp3) is 0.500. The molecular weight excluding hydrogens is 376 g/mol. The van der Waals surface area contributed by atoms with Gasteiger partial charge in [0.2, 0.25) is 5.91 Å². The molecule has 4 rings (SSSR count). The Morgan fingerprint density at radius 1 is 1.25 bits per heavy atom. The van der Waals surface area contributed by atoms with Gasteiger partial charge in [-0.15, -0.1) is 5.10 Å². The lowest BCUT2D eigenvalue weighted by molar-refractivity contribution is -0.126. The number of aromatic nitrogens is 2. The van der Waals surface area contributed by atoms with Crippen LogP contribution in [0.15, 0.2) is 29.6 Å². The molecule has 2 fully saturated rings. The van der Waals surface area contributed by atoms with E-state index in [1.807, 2.05) is 24.3 Å². The molecule has 0 saturated heterocycles. The second-order valence-corrected chi connectivity index (χ2v) is 8.01. The highest BCUT2D eigenvalue weighted by Crippen LogP contribution is 2.37. The van der Waals surface area contributed by atoms with Crippen molar-refractivity contribution in [1.82, 2.24) is 19.8 Å². The van der Waals surface area contributed by atoms with Gasteiger partial charge in [-0.1, -0.05) is 29.5 Å². The number of carbonyl (C=O) groups excluding carboxylic acids is 2. The first-order chi connectivity index (χ1) is 13.7. The van der Waals surface area contributed by atoms with Gasteiger partial charge in [-0.05, 0) is 54.9 Å². The minimum Gasteiger partial charge on any atom is -0.497 e. The summed E-state index contributed by atoms with van der Waals surface area (Å²) in [6, 6.07) is 6.91. The molecule has 7 nitrogen and oxygen atoms in total. The quantitative estimate of drug-likeness (QED) is 0.772. The number of hydrogen-bond acceptors (Lipinski definition) is 6. The molecule has 1 aromatic heterocycles. The van der Waals surface area contributed by atoms with E-state index in [0.717, 1.165) is 55.6 Å². The van der Waals surface area contributed by atoms with E-state index >= 15 is 0 Å². The molecule has 8 heteroatoms. The SMILES string of the molecule is COc1cccc(C(C(=O)NC2CCCC2)N(C(=O)c2csnn2)C2CC2)c1. The molecule has 0 bridgehead atoms. The summed E-state index contributed by atoms with van der Waals surface area (Å²) in [6.45, 7) is 0. The predicted molar refractivity (Wildman–Crippen MR) is 105 cm³/mol. The lowest BCUT2D eigenvalue weighted by Gasteiger charge is -2.32. The third-order valence-electron chi connectivity index (χ3n) is 5.39. The molecule has 2 aliphatic carbocycles. The van der Waals surface area contributed by atoms with Crippen molar-refractivity contribution in [2.75, 3.05) is 7.11 Å². The second kappa shape index (κ2) is 8.26. The summed E-state index contributed by atoms with van der Waals surface area (Å²) in [5.74, 6) is 0.281. The van der Waals surface area contributed by atoms with Crippen molar-refractivity contribution in [1.29, 1.82) is 0 Å². The maximum absolute atomic E-state index is 13.4. The van der Waals surface area contributed by atoms with Gasteiger partial charge in [0, 0.05) is 17.5 Å². The zero-order valence-corrected chi connectivity index (χ0v) is 16.7. The van der Waals surface area contributed by atoms with Crippen LogP contribution in [-0.2, 0) is 4.79 Å². The van der Waals surface area contributed by atoms with Crippen molar-refractivity contribution in [2.24, 2.45) is 0 Å². The number of amides is 2. The molecule has 2 aromatic rings. The Balaban J connectivity index is 1.69. The van der Waals surface area contributed by atoms with Crippen LogP contribution in [0.25, 0.3) is 0 Å². The molecule has 0 radical (unpaired) electrons. The van der Waals surface area contributed by atoms with Crippen molar-refractivity contribution in [3.63, 3.8) is 0 Å². The molecule has 1 atom stereocenters. The van der Waals surface area contributed by atoms with Gasteiger partial charge in [-0.2, -0.15) is 0 Å². The Morgan fingerprint density at radius 2 is 2.04 bits per heavy atom. The smallest absolute Gasteiger partial charge is 0.276 e. The van der Waals surface area contributed by atoms with E-state index in [-0.39, 0.29) is 23.9 Å². The molecule has 0 aliphatic heterocycles. The van der Waals surface area contributed by atoms with Crippen molar-refractivity contribution in [3.05, 3.63) is 40.9 Å². The number of methoxy groups -OCH3 is 1. The molecule has 1 unspecified atom stereocenters. The lowest BCUT2D eigenvalue weighted by Crippen LogP contribution is -2.47. The van der Waals surface area contributed by atoms with E-state index in [1.54, 1.807) is 17.4 Å². The molecular formula is C20H24N4O3S. The van der Waals surface area contributed by atoms with Crippen molar-refractivity contribution >= 4 is 23.3 Å². The maximum Gasteiger partial charge on any atom is 0.276 e. The van der Waals surface area contributed by atoms with Gasteiger partial charge in [0.1, 0.15) is 11.8 Å². The Morgan fingerprint density at radius 3 is 2.68 bits per heavy atom. The van der Waals surface area contributed by atoms with Gasteiger partial charge in [0.15, 0.2) is 5.69 Å². The van der Waals surface area contributed by atoms with E-state index in [2.05, 4.69) is 14.9 Å². The normalized spacial score (nSPS) is 17.9. The van der Waals surface area contributed by atoms with Gasteiger partial charge < -0.3 is 15.0 Å². The van der Waals surface area contributed by atoms with E-state index in [4.69, 9.17) is 4.74 Å². The zero-order chi connectivity index (χ0) is 19.5. The first-order valence-electron chi connectivity index (χ1n) is 9.71. The first-order valence-corrected chi connectivity index (χ1v) is 10.5. The van der Waals surface area contributed by atoms with Crippen LogP contribution in [0, 0.1) is 0 Å². The predicted octanol–water partition coefficient (Wildman–Crippen LogP) is 2.95. The van der Waals surface area contributed by atoms with Crippen molar-refractivity contribution < 1.29 is 14.3 Å². The number of benzene rings is 1. The van der Waals surface area contributed by atoms with E-state index in [9.17, 15) is 9.59 Å². The van der Waals surface area contributed by atoms with Crippen LogP contribution in [-0.4, -0.2) is 45.5 Å². The van der Waals surface area contributed by atoms with E-state index in [0.29, 0.717) is 11.4 Å². The summed E-state index contributed by atoms with van der Waals surface area (Å²) in [5.41, 5.74) is 1.04. The maximum atomic E-state index is 13.4. The highest BCUT2D eigenvalue weighted by molar-refractivity contribution is 7.03. The van der Waals surface area contributed by atoms with Crippen LogP contribution < -0.4 is 10.1 Å². The van der Waals surface area contributed by atoms with Gasteiger partial charge >= 0.3 is 0 Å². The number of carbonyl (C=O) groups is 2. The average Bonchev–Trinajstić information content (AvgIpc) is 3.17. The molecule has 0 spiro atoms. The van der Waals surface area contributed by atoms with Gasteiger partial charge in [-0.25, -0.2) is 0 Å². The highest BCUT2D eigenvalue weighted by atomic mass is 32.1. The van der Waals surface area contributed by atoms with E-state index in [1.165, 1.54) is 0 Å². The number of ether oxygens (including phenoxy) is 1. The van der Waals surface area contributed by atoms with Crippen LogP contribution >= 0.6 is 11.5 Å². The number of hydrogen-bond donors (Lipinski definition) is 1. The largest absolute Gasteiger partial charge is 0.497 e. The summed E-state index contributed by atoms with van der Waals surface area (Å²) in [4.78, 5) is 28.3. The summed E-state index contributed by atoms with van der Waals surface area (Å²) < 4.78 is 9.17. The zero-order valence-electron chi connectivity index (χ0n) is 15.8. The Hall–Kier alpha value is -2.48. The third kappa shape index (κ3) is 4.01. The Bertz CT molecular complexity index is 832. The standard InChI is InChI=1S/C20H24N4O3S/c1-27-16-8-4-5-13(11-16)18(19(25)21-14-6-2-3-7-14)24(15-9-10-15)20(26)17-12-28-23-22-17/h4-5,8,11-12,14-15,18H,2-3,6-7,9-10H2,1H3,(H,21,25). The molecule has 1 N–H and O–H groups in total. The fourth-order valence-corrected chi connectivity index (χ4v) is 4.27. The Labute approximate surface area is 168 Å². The summed E-state index contributed by atoms with van der Waals surface area (Å²) >= 11 is 1.14. The lowest BCUT2D eigenvalue weighted by atomic mass is 10.0. The van der Waals surface area contributed by atoms with Crippen LogP contribution in [0.5, 0.6) is 5.75 Å². The topological polar surface area (TPSA) is 84.4 Å². The monoisotopic (exact) mass is 400 g/mol. The second-order valence-electron chi connectivity index (χ2n) is 7.40. The molecule has 2 saturated carbocycles. The van der Waals surface area contributed by atoms with Crippen LogP contribution in [0.3, 0.4) is 0 Å². The first kappa shape index (κ1) is 18.9. The summed E-state index contributed by atoms with van der Waals surface area (Å²) in [5, 5.41) is 8.75. The molecule has 2 aliphatic rings.